The van der Waals surface area contributed by atoms with Gasteiger partial charge in [-0.05, 0) is 26.0 Å². The number of aromatic nitrogens is 1. The highest BCUT2D eigenvalue weighted by Crippen LogP contribution is 2.31. The number of amides is 1. The molecule has 1 aromatic carbocycles. The van der Waals surface area contributed by atoms with Gasteiger partial charge in [-0.15, -0.1) is 11.3 Å². The number of hydrazone groups is 1. The lowest BCUT2D eigenvalue weighted by atomic mass is 10.1. The molecular weight excluding hydrogens is 306 g/mol. The fourth-order valence-electron chi connectivity index (χ4n) is 2.30. The molecule has 3 rings (SSSR count). The molecule has 0 saturated heterocycles. The second-order valence-electron chi connectivity index (χ2n) is 5.17. The zero-order valence-electron chi connectivity index (χ0n) is 11.7. The van der Waals surface area contributed by atoms with Crippen LogP contribution in [0.5, 0.6) is 0 Å². The number of carbonyl (C=O) groups excluding carboxylic acids is 1. The maximum absolute atomic E-state index is 12.2. The number of fused-ring (bicyclic) bond motifs is 1. The van der Waals surface area contributed by atoms with Gasteiger partial charge in [-0.3, -0.25) is 4.79 Å². The number of aliphatic hydroxyl groups is 1. The highest BCUT2D eigenvalue weighted by molar-refractivity contribution is 8.01. The summed E-state index contributed by atoms with van der Waals surface area (Å²) in [6, 6.07) is 7.88. The van der Waals surface area contributed by atoms with Crippen molar-refractivity contribution in [3.8, 4) is 0 Å². The quantitative estimate of drug-likeness (QED) is 0.883. The normalized spacial score (nSPS) is 21.9. The van der Waals surface area contributed by atoms with Crippen molar-refractivity contribution in [3.63, 3.8) is 0 Å². The predicted molar refractivity (Wildman–Crippen MR) is 85.5 cm³/mol. The monoisotopic (exact) mass is 321 g/mol. The van der Waals surface area contributed by atoms with E-state index in [-0.39, 0.29) is 11.7 Å². The largest absolute Gasteiger partial charge is 0.369 e. The molecule has 0 unspecified atom stereocenters. The molecule has 1 aliphatic heterocycles. The summed E-state index contributed by atoms with van der Waals surface area (Å²) >= 11 is 2.94. The van der Waals surface area contributed by atoms with Crippen LogP contribution in [0.25, 0.3) is 10.2 Å². The standard InChI is InChI=1S/C14H15N3O2S2/c1-9-7-14(2,19)17(16-9)12(18)8-20-13-15-10-5-3-4-6-11(10)21-13/h3-6,19H,7-8H2,1-2H3/t14-/m1/s1. The number of para-hydroxylation sites is 1. The van der Waals surface area contributed by atoms with Crippen LogP contribution in [-0.2, 0) is 4.79 Å². The molecule has 0 aliphatic carbocycles. The van der Waals surface area contributed by atoms with Gasteiger partial charge in [-0.25, -0.2) is 9.99 Å². The van der Waals surface area contributed by atoms with Gasteiger partial charge in [0, 0.05) is 12.1 Å². The molecule has 5 nitrogen and oxygen atoms in total. The van der Waals surface area contributed by atoms with Crippen molar-refractivity contribution >= 4 is 44.9 Å². The molecule has 110 valence electrons. The maximum Gasteiger partial charge on any atom is 0.255 e. The molecule has 0 spiro atoms. The minimum absolute atomic E-state index is 0.207. The van der Waals surface area contributed by atoms with Gasteiger partial charge < -0.3 is 5.11 Å². The summed E-state index contributed by atoms with van der Waals surface area (Å²) in [5.41, 5.74) is 0.493. The van der Waals surface area contributed by atoms with Crippen molar-refractivity contribution < 1.29 is 9.90 Å². The molecular formula is C14H15N3O2S2. The lowest BCUT2D eigenvalue weighted by Gasteiger charge is -2.26. The Labute approximate surface area is 130 Å². The smallest absolute Gasteiger partial charge is 0.255 e. The minimum atomic E-state index is -1.21. The Bertz CT molecular complexity index is 691. The Morgan fingerprint density at radius 2 is 2.29 bits per heavy atom. The molecule has 7 heteroatoms. The molecule has 2 aromatic rings. The molecule has 1 atom stereocenters. The average Bonchev–Trinajstić information content (AvgIpc) is 2.95. The lowest BCUT2D eigenvalue weighted by molar-refractivity contribution is -0.148. The number of rotatable bonds is 3. The van der Waals surface area contributed by atoms with Crippen LogP contribution in [0, 0.1) is 0 Å². The van der Waals surface area contributed by atoms with Gasteiger partial charge in [0.25, 0.3) is 5.91 Å². The van der Waals surface area contributed by atoms with E-state index in [2.05, 4.69) is 10.1 Å². The summed E-state index contributed by atoms with van der Waals surface area (Å²) in [5.74, 6) is 0.00772. The highest BCUT2D eigenvalue weighted by atomic mass is 32.2. The van der Waals surface area contributed by atoms with Crippen LogP contribution in [0.3, 0.4) is 0 Å². The molecule has 0 bridgehead atoms. The third-order valence-electron chi connectivity index (χ3n) is 3.15. The van der Waals surface area contributed by atoms with E-state index in [0.29, 0.717) is 6.42 Å². The van der Waals surface area contributed by atoms with E-state index in [1.54, 1.807) is 18.3 Å². The zero-order valence-corrected chi connectivity index (χ0v) is 13.4. The van der Waals surface area contributed by atoms with E-state index < -0.39 is 5.72 Å². The fourth-order valence-corrected chi connectivity index (χ4v) is 4.21. The Morgan fingerprint density at radius 3 is 2.95 bits per heavy atom. The molecule has 0 fully saturated rings. The molecule has 1 N–H and O–H groups in total. The van der Waals surface area contributed by atoms with Crippen LogP contribution in [0.15, 0.2) is 33.7 Å². The fraction of sp³-hybridized carbons (Fsp3) is 0.357. The van der Waals surface area contributed by atoms with E-state index in [1.165, 1.54) is 16.8 Å². The number of nitrogens with zero attached hydrogens (tertiary/aromatic N) is 3. The average molecular weight is 321 g/mol. The van der Waals surface area contributed by atoms with Crippen LogP contribution in [0.1, 0.15) is 20.3 Å². The molecule has 0 radical (unpaired) electrons. The summed E-state index contributed by atoms with van der Waals surface area (Å²) in [6.45, 7) is 3.41. The van der Waals surface area contributed by atoms with Crippen LogP contribution in [0.2, 0.25) is 0 Å². The number of hydrogen-bond donors (Lipinski definition) is 1. The Morgan fingerprint density at radius 1 is 1.52 bits per heavy atom. The second kappa shape index (κ2) is 5.40. The van der Waals surface area contributed by atoms with Crippen molar-refractivity contribution in [1.82, 2.24) is 9.99 Å². The van der Waals surface area contributed by atoms with Gasteiger partial charge in [0.05, 0.1) is 16.0 Å². The summed E-state index contributed by atoms with van der Waals surface area (Å²) in [6.07, 6.45) is 0.393. The van der Waals surface area contributed by atoms with Crippen molar-refractivity contribution in [2.45, 2.75) is 30.3 Å². The van der Waals surface area contributed by atoms with Crippen molar-refractivity contribution in [3.05, 3.63) is 24.3 Å². The van der Waals surface area contributed by atoms with Gasteiger partial charge in [0.15, 0.2) is 10.1 Å². The molecule has 0 saturated carbocycles. The van der Waals surface area contributed by atoms with E-state index in [4.69, 9.17) is 0 Å². The van der Waals surface area contributed by atoms with Gasteiger partial charge in [0.1, 0.15) is 0 Å². The molecule has 21 heavy (non-hydrogen) atoms. The SMILES string of the molecule is CC1=NN(C(=O)CSc2nc3ccccc3s2)[C@](C)(O)C1. The number of carbonyl (C=O) groups is 1. The molecule has 2 heterocycles. The number of thioether (sulfide) groups is 1. The van der Waals surface area contributed by atoms with E-state index >= 15 is 0 Å². The van der Waals surface area contributed by atoms with Gasteiger partial charge >= 0.3 is 0 Å². The number of thiazole rings is 1. The Balaban J connectivity index is 1.68. The summed E-state index contributed by atoms with van der Waals surface area (Å²) in [5, 5.41) is 15.5. The van der Waals surface area contributed by atoms with Crippen LogP contribution < -0.4 is 0 Å². The first-order valence-corrected chi connectivity index (χ1v) is 8.34. The first kappa shape index (κ1) is 14.5. The van der Waals surface area contributed by atoms with Gasteiger partial charge in [-0.1, -0.05) is 23.9 Å². The van der Waals surface area contributed by atoms with Gasteiger partial charge in [-0.2, -0.15) is 5.10 Å². The third-order valence-corrected chi connectivity index (χ3v) is 5.31. The van der Waals surface area contributed by atoms with Crippen LogP contribution in [0.4, 0.5) is 0 Å². The third kappa shape index (κ3) is 2.95. The topological polar surface area (TPSA) is 65.8 Å². The second-order valence-corrected chi connectivity index (χ2v) is 7.42. The summed E-state index contributed by atoms with van der Waals surface area (Å²) in [4.78, 5) is 16.7. The Kier molecular flexibility index (Phi) is 3.73. The van der Waals surface area contributed by atoms with Crippen molar-refractivity contribution in [1.29, 1.82) is 0 Å². The predicted octanol–water partition coefficient (Wildman–Crippen LogP) is 2.71. The van der Waals surface area contributed by atoms with E-state index in [0.717, 1.165) is 20.3 Å². The van der Waals surface area contributed by atoms with Crippen LogP contribution >= 0.6 is 23.1 Å². The van der Waals surface area contributed by atoms with E-state index in [1.807, 2.05) is 31.2 Å². The first-order valence-electron chi connectivity index (χ1n) is 6.53. The van der Waals surface area contributed by atoms with Crippen molar-refractivity contribution in [2.24, 2.45) is 5.10 Å². The van der Waals surface area contributed by atoms with E-state index in [9.17, 15) is 9.90 Å². The minimum Gasteiger partial charge on any atom is -0.369 e. The number of benzene rings is 1. The Hall–Kier alpha value is -1.44. The molecule has 1 aliphatic rings. The van der Waals surface area contributed by atoms with Gasteiger partial charge in [0.2, 0.25) is 0 Å². The summed E-state index contributed by atoms with van der Waals surface area (Å²) < 4.78 is 1.96. The van der Waals surface area contributed by atoms with Crippen LogP contribution in [-0.4, -0.2) is 38.2 Å². The lowest BCUT2D eigenvalue weighted by Crippen LogP contribution is -2.44. The zero-order chi connectivity index (χ0) is 15.0. The number of hydrogen-bond acceptors (Lipinski definition) is 6. The maximum atomic E-state index is 12.2. The van der Waals surface area contributed by atoms with Crippen molar-refractivity contribution in [2.75, 3.05) is 5.75 Å². The highest BCUT2D eigenvalue weighted by Gasteiger charge is 2.38. The summed E-state index contributed by atoms with van der Waals surface area (Å²) in [7, 11) is 0. The first-order chi connectivity index (χ1) is 9.95. The molecule has 1 aromatic heterocycles. The molecule has 1 amide bonds.